The van der Waals surface area contributed by atoms with Crippen molar-refractivity contribution in [2.45, 2.75) is 19.1 Å². The third-order valence-electron chi connectivity index (χ3n) is 4.76. The largest absolute Gasteiger partial charge is 0.492 e. The summed E-state index contributed by atoms with van der Waals surface area (Å²) in [7, 11) is -1.72. The third-order valence-corrected chi connectivity index (χ3v) is 5.37. The fraction of sp³-hybridized carbons (Fsp3) is 0.381. The summed E-state index contributed by atoms with van der Waals surface area (Å²) in [5.74, 6) is 0.717. The summed E-state index contributed by atoms with van der Waals surface area (Å²) < 4.78 is 36.2. The Labute approximate surface area is 181 Å². The summed E-state index contributed by atoms with van der Waals surface area (Å²) in [6.45, 7) is 3.21. The number of aliphatic hydroxyl groups excluding tert-OH is 1. The number of aromatic nitrogens is 2. The van der Waals surface area contributed by atoms with Crippen LogP contribution in [0, 0.1) is 0 Å². The van der Waals surface area contributed by atoms with E-state index in [2.05, 4.69) is 20.2 Å². The Morgan fingerprint density at radius 3 is 2.77 bits per heavy atom. The predicted molar refractivity (Wildman–Crippen MR) is 120 cm³/mol. The van der Waals surface area contributed by atoms with Gasteiger partial charge in [0.2, 0.25) is 10.0 Å². The second-order valence-electron chi connectivity index (χ2n) is 7.26. The van der Waals surface area contributed by atoms with Gasteiger partial charge in [-0.2, -0.15) is 5.10 Å². The van der Waals surface area contributed by atoms with E-state index in [4.69, 9.17) is 9.47 Å². The Balaban J connectivity index is 1.46. The second-order valence-corrected chi connectivity index (χ2v) is 9.01. The Kier molecular flexibility index (Phi) is 7.50. The van der Waals surface area contributed by atoms with Crippen LogP contribution in [0.4, 0.5) is 5.69 Å². The van der Waals surface area contributed by atoms with E-state index in [1.54, 1.807) is 31.4 Å². The van der Waals surface area contributed by atoms with Crippen molar-refractivity contribution in [3.8, 4) is 5.75 Å². The number of hydrogen-bond donors (Lipinski definition) is 4. The summed E-state index contributed by atoms with van der Waals surface area (Å²) in [4.78, 5) is 0. The molecule has 3 rings (SSSR count). The number of hydrogen-bond acceptors (Lipinski definition) is 7. The van der Waals surface area contributed by atoms with Crippen molar-refractivity contribution in [3.63, 3.8) is 0 Å². The van der Waals surface area contributed by atoms with Crippen LogP contribution < -0.4 is 14.8 Å². The molecule has 0 saturated heterocycles. The monoisotopic (exact) mass is 448 g/mol. The number of fused-ring (bicyclic) bond motifs is 1. The minimum Gasteiger partial charge on any atom is -0.492 e. The molecule has 0 fully saturated rings. The Hall–Kier alpha value is -2.66. The lowest BCUT2D eigenvalue weighted by Crippen LogP contribution is -2.26. The van der Waals surface area contributed by atoms with Crippen molar-refractivity contribution in [3.05, 3.63) is 53.7 Å². The highest BCUT2D eigenvalue weighted by atomic mass is 32.2. The zero-order chi connectivity index (χ0) is 22.4. The molecule has 2 unspecified atom stereocenters. The molecule has 0 bridgehead atoms. The first kappa shape index (κ1) is 23.0. The molecule has 2 atom stereocenters. The van der Waals surface area contributed by atoms with E-state index in [-0.39, 0.29) is 6.10 Å². The van der Waals surface area contributed by atoms with Gasteiger partial charge in [-0.3, -0.25) is 9.82 Å². The molecular weight excluding hydrogens is 420 g/mol. The van der Waals surface area contributed by atoms with Crippen molar-refractivity contribution in [2.75, 3.05) is 37.8 Å². The van der Waals surface area contributed by atoms with Crippen LogP contribution in [0.15, 0.2) is 42.5 Å². The number of benzene rings is 2. The quantitative estimate of drug-likeness (QED) is 0.332. The first-order valence-electron chi connectivity index (χ1n) is 9.87. The van der Waals surface area contributed by atoms with E-state index in [0.717, 1.165) is 28.6 Å². The fourth-order valence-corrected chi connectivity index (χ4v) is 3.71. The molecule has 10 heteroatoms. The van der Waals surface area contributed by atoms with E-state index >= 15 is 0 Å². The van der Waals surface area contributed by atoms with Crippen molar-refractivity contribution in [1.29, 1.82) is 0 Å². The van der Waals surface area contributed by atoms with Gasteiger partial charge in [0.25, 0.3) is 0 Å². The van der Waals surface area contributed by atoms with Crippen molar-refractivity contribution in [2.24, 2.45) is 0 Å². The van der Waals surface area contributed by atoms with E-state index in [9.17, 15) is 13.5 Å². The first-order chi connectivity index (χ1) is 14.8. The maximum absolute atomic E-state index is 11.3. The topological polar surface area (TPSA) is 126 Å². The van der Waals surface area contributed by atoms with Crippen LogP contribution in [0.5, 0.6) is 5.75 Å². The number of H-pyrrole nitrogens is 1. The molecule has 4 N–H and O–H groups in total. The van der Waals surface area contributed by atoms with Crippen LogP contribution >= 0.6 is 0 Å². The Bertz CT molecular complexity index is 1120. The van der Waals surface area contributed by atoms with Crippen molar-refractivity contribution >= 4 is 26.6 Å². The van der Waals surface area contributed by atoms with Crippen molar-refractivity contribution in [1.82, 2.24) is 15.5 Å². The van der Waals surface area contributed by atoms with Crippen LogP contribution in [-0.2, 0) is 14.8 Å². The SMILES string of the molecule is COC(C)c1n[nH]c2cc(OCCNCC(O)c3cccc(NS(C)(=O)=O)c3)ccc12. The number of methoxy groups -OCH3 is 1. The number of sulfonamides is 1. The lowest BCUT2D eigenvalue weighted by molar-refractivity contribution is 0.117. The van der Waals surface area contributed by atoms with E-state index < -0.39 is 16.1 Å². The highest BCUT2D eigenvalue weighted by Crippen LogP contribution is 2.26. The molecule has 31 heavy (non-hydrogen) atoms. The minimum atomic E-state index is -3.36. The van der Waals surface area contributed by atoms with Crippen LogP contribution in [0.25, 0.3) is 10.9 Å². The van der Waals surface area contributed by atoms with Crippen LogP contribution in [0.3, 0.4) is 0 Å². The van der Waals surface area contributed by atoms with E-state index in [1.165, 1.54) is 0 Å². The maximum Gasteiger partial charge on any atom is 0.229 e. The Morgan fingerprint density at radius 1 is 1.23 bits per heavy atom. The molecule has 9 nitrogen and oxygen atoms in total. The van der Waals surface area contributed by atoms with Crippen LogP contribution in [0.2, 0.25) is 0 Å². The average Bonchev–Trinajstić information content (AvgIpc) is 3.15. The van der Waals surface area contributed by atoms with Gasteiger partial charge in [0.05, 0.1) is 29.7 Å². The van der Waals surface area contributed by atoms with Gasteiger partial charge >= 0.3 is 0 Å². The van der Waals surface area contributed by atoms with E-state index in [1.807, 2.05) is 25.1 Å². The molecule has 2 aromatic carbocycles. The number of nitrogens with zero attached hydrogens (tertiary/aromatic N) is 1. The zero-order valence-corrected chi connectivity index (χ0v) is 18.6. The molecule has 0 spiro atoms. The smallest absolute Gasteiger partial charge is 0.229 e. The van der Waals surface area contributed by atoms with Gasteiger partial charge in [0.1, 0.15) is 12.4 Å². The number of nitrogens with one attached hydrogen (secondary N) is 3. The number of aliphatic hydroxyl groups is 1. The number of rotatable bonds is 11. The lowest BCUT2D eigenvalue weighted by Gasteiger charge is -2.14. The summed E-state index contributed by atoms with van der Waals surface area (Å²) in [5.41, 5.74) is 2.77. The zero-order valence-electron chi connectivity index (χ0n) is 17.8. The van der Waals surface area contributed by atoms with Gasteiger partial charge in [0.15, 0.2) is 0 Å². The van der Waals surface area contributed by atoms with Crippen LogP contribution in [-0.4, -0.2) is 56.8 Å². The molecule has 168 valence electrons. The number of anilines is 1. The van der Waals surface area contributed by atoms with E-state index in [0.29, 0.717) is 30.9 Å². The molecule has 0 amide bonds. The van der Waals surface area contributed by atoms with Gasteiger partial charge < -0.3 is 19.9 Å². The maximum atomic E-state index is 11.3. The number of aromatic amines is 1. The summed E-state index contributed by atoms with van der Waals surface area (Å²) in [5, 5.41) is 21.8. The Morgan fingerprint density at radius 2 is 2.03 bits per heavy atom. The summed E-state index contributed by atoms with van der Waals surface area (Å²) >= 11 is 0. The van der Waals surface area contributed by atoms with Gasteiger partial charge in [-0.05, 0) is 36.8 Å². The van der Waals surface area contributed by atoms with Gasteiger partial charge in [-0.25, -0.2) is 8.42 Å². The summed E-state index contributed by atoms with van der Waals surface area (Å²) in [6, 6.07) is 12.4. The average molecular weight is 449 g/mol. The molecule has 0 aliphatic carbocycles. The van der Waals surface area contributed by atoms with Crippen molar-refractivity contribution < 1.29 is 23.0 Å². The predicted octanol–water partition coefficient (Wildman–Crippen LogP) is 2.34. The lowest BCUT2D eigenvalue weighted by atomic mass is 10.1. The van der Waals surface area contributed by atoms with Crippen LogP contribution in [0.1, 0.15) is 30.4 Å². The molecule has 0 radical (unpaired) electrons. The minimum absolute atomic E-state index is 0.0982. The molecular formula is C21H28N4O5S. The highest BCUT2D eigenvalue weighted by molar-refractivity contribution is 7.92. The normalized spacial score (nSPS) is 13.8. The molecule has 0 aliphatic heterocycles. The van der Waals surface area contributed by atoms with Gasteiger partial charge in [-0.1, -0.05) is 12.1 Å². The first-order valence-corrected chi connectivity index (χ1v) is 11.8. The second kappa shape index (κ2) is 10.1. The standard InChI is InChI=1S/C21H28N4O5S/c1-14(29-2)21-18-8-7-17(12-19(18)23-24-21)30-10-9-22-13-20(26)15-5-4-6-16(11-15)25-31(3,27)28/h4-8,11-12,14,20,22,25-26H,9-10,13H2,1-3H3,(H,23,24). The fourth-order valence-electron chi connectivity index (χ4n) is 3.15. The van der Waals surface area contributed by atoms with Gasteiger partial charge in [0, 0.05) is 37.3 Å². The van der Waals surface area contributed by atoms with Gasteiger partial charge in [-0.15, -0.1) is 0 Å². The highest BCUT2D eigenvalue weighted by Gasteiger charge is 2.13. The summed E-state index contributed by atoms with van der Waals surface area (Å²) in [6.07, 6.45) is 0.212. The molecule has 1 aromatic heterocycles. The third kappa shape index (κ3) is 6.41. The molecule has 3 aromatic rings. The molecule has 1 heterocycles. The molecule has 0 aliphatic rings. The molecule has 0 saturated carbocycles. The number of ether oxygens (including phenoxy) is 2.